The highest BCUT2D eigenvalue weighted by Gasteiger charge is 2.29. The maximum atomic E-state index is 13.7. The number of esters is 1. The Morgan fingerprint density at radius 1 is 1.50 bits per heavy atom. The molecule has 0 saturated carbocycles. The van der Waals surface area contributed by atoms with Gasteiger partial charge in [-0.05, 0) is 43.7 Å². The summed E-state index contributed by atoms with van der Waals surface area (Å²) in [5.74, 6) is -2.85. The van der Waals surface area contributed by atoms with Crippen molar-refractivity contribution in [2.75, 3.05) is 6.61 Å². The van der Waals surface area contributed by atoms with Crippen LogP contribution in [-0.2, 0) is 15.5 Å². The molecule has 1 atom stereocenters. The molecule has 1 heterocycles. The van der Waals surface area contributed by atoms with Gasteiger partial charge in [0.1, 0.15) is 0 Å². The lowest BCUT2D eigenvalue weighted by atomic mass is 9.83. The van der Waals surface area contributed by atoms with Crippen molar-refractivity contribution in [3.8, 4) is 0 Å². The predicted octanol–water partition coefficient (Wildman–Crippen LogP) is 4.33. The van der Waals surface area contributed by atoms with Crippen LogP contribution in [0.4, 0.5) is 8.78 Å². The van der Waals surface area contributed by atoms with Gasteiger partial charge in [0.25, 0.3) is 5.92 Å². The third-order valence-corrected chi connectivity index (χ3v) is 3.92. The molecule has 22 heavy (non-hydrogen) atoms. The van der Waals surface area contributed by atoms with Crippen molar-refractivity contribution in [3.63, 3.8) is 0 Å². The first-order chi connectivity index (χ1) is 10.4. The Kier molecular flexibility index (Phi) is 5.27. The third-order valence-electron chi connectivity index (χ3n) is 3.92. The van der Waals surface area contributed by atoms with Crippen molar-refractivity contribution in [3.05, 3.63) is 35.7 Å². The smallest absolute Gasteiger partial charge is 0.306 e. The standard InChI is InChI=1S/C17H21F2NO2/c1-3-22-16(21)10-12-4-6-13(7-5-12)14-11-20-9-8-15(14)17(2,18)19/h6,8-9,11-12H,3-5,7,10H2,1-2H3. The van der Waals surface area contributed by atoms with E-state index in [4.69, 9.17) is 4.74 Å². The number of ether oxygens (including phenoxy) is 1. The summed E-state index contributed by atoms with van der Waals surface area (Å²) in [5, 5.41) is 0. The van der Waals surface area contributed by atoms with E-state index in [2.05, 4.69) is 4.98 Å². The van der Waals surface area contributed by atoms with Gasteiger partial charge in [-0.3, -0.25) is 9.78 Å². The van der Waals surface area contributed by atoms with Gasteiger partial charge >= 0.3 is 5.97 Å². The molecule has 1 aromatic rings. The van der Waals surface area contributed by atoms with Gasteiger partial charge in [0.2, 0.25) is 0 Å². The van der Waals surface area contributed by atoms with E-state index in [-0.39, 0.29) is 17.5 Å². The van der Waals surface area contributed by atoms with Crippen LogP contribution in [-0.4, -0.2) is 17.6 Å². The first kappa shape index (κ1) is 16.6. The average Bonchev–Trinajstić information content (AvgIpc) is 2.47. The quantitative estimate of drug-likeness (QED) is 0.760. The third kappa shape index (κ3) is 4.12. The number of halogens is 2. The van der Waals surface area contributed by atoms with Crippen LogP contribution in [0.25, 0.3) is 5.57 Å². The lowest BCUT2D eigenvalue weighted by Gasteiger charge is -2.23. The van der Waals surface area contributed by atoms with Crippen molar-refractivity contribution < 1.29 is 18.3 Å². The molecule has 0 radical (unpaired) electrons. The summed E-state index contributed by atoms with van der Waals surface area (Å²) in [6.45, 7) is 3.07. The van der Waals surface area contributed by atoms with Crippen LogP contribution < -0.4 is 0 Å². The van der Waals surface area contributed by atoms with E-state index in [0.717, 1.165) is 18.9 Å². The van der Waals surface area contributed by atoms with Crippen LogP contribution >= 0.6 is 0 Å². The van der Waals surface area contributed by atoms with Gasteiger partial charge in [0.15, 0.2) is 0 Å². The minimum Gasteiger partial charge on any atom is -0.466 e. The molecule has 0 aromatic carbocycles. The Hall–Kier alpha value is -1.78. The minimum atomic E-state index is -2.89. The molecule has 3 nitrogen and oxygen atoms in total. The molecule has 120 valence electrons. The highest BCUT2D eigenvalue weighted by atomic mass is 19.3. The molecule has 1 unspecified atom stereocenters. The molecule has 0 fully saturated rings. The molecule has 5 heteroatoms. The number of alkyl halides is 2. The molecule has 1 aromatic heterocycles. The fourth-order valence-corrected chi connectivity index (χ4v) is 2.81. The van der Waals surface area contributed by atoms with Crippen LogP contribution in [0.1, 0.15) is 50.7 Å². The number of rotatable bonds is 5. The van der Waals surface area contributed by atoms with Gasteiger partial charge in [-0.25, -0.2) is 8.78 Å². The number of hydrogen-bond donors (Lipinski definition) is 0. The van der Waals surface area contributed by atoms with E-state index in [0.29, 0.717) is 31.4 Å². The normalized spacial score (nSPS) is 18.7. The molecule has 0 spiro atoms. The number of hydrogen-bond acceptors (Lipinski definition) is 3. The average molecular weight is 309 g/mol. The topological polar surface area (TPSA) is 39.2 Å². The lowest BCUT2D eigenvalue weighted by Crippen LogP contribution is -2.15. The maximum absolute atomic E-state index is 13.7. The molecule has 1 aliphatic rings. The van der Waals surface area contributed by atoms with Gasteiger partial charge < -0.3 is 4.74 Å². The van der Waals surface area contributed by atoms with Gasteiger partial charge in [-0.15, -0.1) is 0 Å². The van der Waals surface area contributed by atoms with E-state index >= 15 is 0 Å². The number of aromatic nitrogens is 1. The zero-order chi connectivity index (χ0) is 16.2. The summed E-state index contributed by atoms with van der Waals surface area (Å²) in [5.41, 5.74) is 1.42. The van der Waals surface area contributed by atoms with Gasteiger partial charge in [-0.1, -0.05) is 6.08 Å². The number of carbonyl (C=O) groups excluding carboxylic acids is 1. The highest BCUT2D eigenvalue weighted by molar-refractivity contribution is 5.71. The molecule has 0 aliphatic heterocycles. The van der Waals surface area contributed by atoms with E-state index < -0.39 is 5.92 Å². The zero-order valence-electron chi connectivity index (χ0n) is 12.9. The number of carbonyl (C=O) groups is 1. The molecule has 0 bridgehead atoms. The zero-order valence-corrected chi connectivity index (χ0v) is 12.9. The van der Waals surface area contributed by atoms with Gasteiger partial charge in [-0.2, -0.15) is 0 Å². The first-order valence-electron chi connectivity index (χ1n) is 7.59. The number of nitrogens with zero attached hydrogens (tertiary/aromatic N) is 1. The molecule has 0 saturated heterocycles. The summed E-state index contributed by atoms with van der Waals surface area (Å²) < 4.78 is 32.3. The van der Waals surface area contributed by atoms with Crippen LogP contribution in [0.15, 0.2) is 24.5 Å². The minimum absolute atomic E-state index is 0.0117. The number of pyridine rings is 1. The Balaban J connectivity index is 2.10. The Morgan fingerprint density at radius 2 is 2.27 bits per heavy atom. The summed E-state index contributed by atoms with van der Waals surface area (Å²) in [6, 6.07) is 1.38. The maximum Gasteiger partial charge on any atom is 0.306 e. The van der Waals surface area contributed by atoms with Crippen LogP contribution in [0.5, 0.6) is 0 Å². The highest BCUT2D eigenvalue weighted by Crippen LogP contribution is 2.37. The predicted molar refractivity (Wildman–Crippen MR) is 80.4 cm³/mol. The van der Waals surface area contributed by atoms with Crippen molar-refractivity contribution >= 4 is 11.5 Å². The van der Waals surface area contributed by atoms with E-state index in [1.54, 1.807) is 6.92 Å². The molecule has 0 amide bonds. The number of allylic oxidation sites excluding steroid dienone is 2. The largest absolute Gasteiger partial charge is 0.466 e. The SMILES string of the molecule is CCOC(=O)CC1CC=C(c2cnccc2C(C)(F)F)CC1. The Morgan fingerprint density at radius 3 is 2.86 bits per heavy atom. The fraction of sp³-hybridized carbons (Fsp3) is 0.529. The molecule has 0 N–H and O–H groups in total. The lowest BCUT2D eigenvalue weighted by molar-refractivity contribution is -0.144. The molecule has 1 aliphatic carbocycles. The summed E-state index contributed by atoms with van der Waals surface area (Å²) in [6.07, 6.45) is 7.43. The van der Waals surface area contributed by atoms with Crippen LogP contribution in [0.3, 0.4) is 0 Å². The molecule has 2 rings (SSSR count). The second-order valence-corrected chi connectivity index (χ2v) is 5.69. The monoisotopic (exact) mass is 309 g/mol. The Labute approximate surface area is 129 Å². The second-order valence-electron chi connectivity index (χ2n) is 5.69. The second kappa shape index (κ2) is 6.99. The summed E-state index contributed by atoms with van der Waals surface area (Å²) >= 11 is 0. The van der Waals surface area contributed by atoms with E-state index in [1.807, 2.05) is 6.08 Å². The summed E-state index contributed by atoms with van der Waals surface area (Å²) in [7, 11) is 0. The van der Waals surface area contributed by atoms with Crippen molar-refractivity contribution in [1.82, 2.24) is 4.98 Å². The van der Waals surface area contributed by atoms with Crippen molar-refractivity contribution in [2.24, 2.45) is 5.92 Å². The first-order valence-corrected chi connectivity index (χ1v) is 7.59. The Bertz CT molecular complexity index is 564. The fourth-order valence-electron chi connectivity index (χ4n) is 2.81. The van der Waals surface area contributed by atoms with E-state index in [9.17, 15) is 13.6 Å². The van der Waals surface area contributed by atoms with E-state index in [1.165, 1.54) is 18.5 Å². The van der Waals surface area contributed by atoms with Crippen LogP contribution in [0, 0.1) is 5.92 Å². The van der Waals surface area contributed by atoms with Crippen molar-refractivity contribution in [1.29, 1.82) is 0 Å². The molecular weight excluding hydrogens is 288 g/mol. The van der Waals surface area contributed by atoms with Gasteiger partial charge in [0, 0.05) is 36.9 Å². The van der Waals surface area contributed by atoms with Gasteiger partial charge in [0.05, 0.1) is 6.61 Å². The van der Waals surface area contributed by atoms with Crippen LogP contribution in [0.2, 0.25) is 0 Å². The molecular formula is C17H21F2NO2. The summed E-state index contributed by atoms with van der Waals surface area (Å²) in [4.78, 5) is 15.5. The van der Waals surface area contributed by atoms with Crippen molar-refractivity contribution in [2.45, 2.75) is 45.5 Å².